The Balaban J connectivity index is 2.03. The van der Waals surface area contributed by atoms with E-state index in [0.29, 0.717) is 31.1 Å². The summed E-state index contributed by atoms with van der Waals surface area (Å²) in [7, 11) is 1.76. The Morgan fingerprint density at radius 2 is 2.00 bits per heavy atom. The van der Waals surface area contributed by atoms with Crippen LogP contribution in [0, 0.1) is 0 Å². The maximum Gasteiger partial charge on any atom is 0.323 e. The quantitative estimate of drug-likeness (QED) is 0.774. The van der Waals surface area contributed by atoms with Gasteiger partial charge in [-0.1, -0.05) is 13.8 Å². The van der Waals surface area contributed by atoms with Crippen molar-refractivity contribution in [3.63, 3.8) is 0 Å². The van der Waals surface area contributed by atoms with Gasteiger partial charge in [0.05, 0.1) is 13.2 Å². The molecule has 0 aliphatic rings. The molecule has 0 saturated carbocycles. The summed E-state index contributed by atoms with van der Waals surface area (Å²) in [6.45, 7) is 5.32. The van der Waals surface area contributed by atoms with Gasteiger partial charge >= 0.3 is 6.01 Å². The number of aryl methyl sites for hydroxylation is 1. The molecule has 8 heteroatoms. The smallest absolute Gasteiger partial charge is 0.323 e. The van der Waals surface area contributed by atoms with Crippen molar-refractivity contribution in [2.75, 3.05) is 24.3 Å². The maximum absolute atomic E-state index is 5.46. The van der Waals surface area contributed by atoms with Crippen molar-refractivity contribution >= 4 is 23.2 Å². The van der Waals surface area contributed by atoms with Crippen molar-refractivity contribution in [2.24, 2.45) is 0 Å². The lowest BCUT2D eigenvalue weighted by Gasteiger charge is -2.08. The molecule has 21 heavy (non-hydrogen) atoms. The summed E-state index contributed by atoms with van der Waals surface area (Å²) in [4.78, 5) is 18.3. The maximum atomic E-state index is 5.46. The fourth-order valence-corrected chi connectivity index (χ4v) is 2.36. The molecule has 0 aromatic carbocycles. The number of anilines is 2. The first kappa shape index (κ1) is 15.4. The molecule has 0 saturated heterocycles. The van der Waals surface area contributed by atoms with E-state index in [0.717, 1.165) is 17.8 Å². The molecular formula is C13H20N6OS. The average molecular weight is 308 g/mol. The first-order chi connectivity index (χ1) is 10.2. The van der Waals surface area contributed by atoms with Gasteiger partial charge in [0.2, 0.25) is 11.9 Å². The third-order valence-corrected chi connectivity index (χ3v) is 3.76. The van der Waals surface area contributed by atoms with Crippen LogP contribution in [0.1, 0.15) is 30.2 Å². The van der Waals surface area contributed by atoms with Gasteiger partial charge in [0.25, 0.3) is 0 Å². The number of thiazole rings is 1. The van der Waals surface area contributed by atoms with Crippen LogP contribution in [0.15, 0.2) is 6.20 Å². The van der Waals surface area contributed by atoms with Crippen molar-refractivity contribution in [3.05, 3.63) is 16.1 Å². The molecule has 2 aromatic rings. The normalized spacial score (nSPS) is 10.4. The van der Waals surface area contributed by atoms with E-state index in [-0.39, 0.29) is 0 Å². The third kappa shape index (κ3) is 4.52. The number of rotatable bonds is 8. The summed E-state index contributed by atoms with van der Waals surface area (Å²) in [5, 5.41) is 7.06. The van der Waals surface area contributed by atoms with Gasteiger partial charge in [-0.15, -0.1) is 11.3 Å². The molecule has 0 amide bonds. The van der Waals surface area contributed by atoms with Gasteiger partial charge in [-0.2, -0.15) is 15.0 Å². The van der Waals surface area contributed by atoms with Crippen LogP contribution in [0.3, 0.4) is 0 Å². The first-order valence-electron chi connectivity index (χ1n) is 6.99. The Morgan fingerprint density at radius 1 is 1.19 bits per heavy atom. The van der Waals surface area contributed by atoms with Gasteiger partial charge in [0.1, 0.15) is 5.01 Å². The monoisotopic (exact) mass is 308 g/mol. The molecule has 0 unspecified atom stereocenters. The fourth-order valence-electron chi connectivity index (χ4n) is 1.55. The second-order valence-corrected chi connectivity index (χ2v) is 5.49. The molecule has 0 bridgehead atoms. The van der Waals surface area contributed by atoms with Gasteiger partial charge in [-0.25, -0.2) is 4.98 Å². The molecule has 0 aliphatic heterocycles. The minimum atomic E-state index is 0.326. The Kier molecular flexibility index (Phi) is 5.68. The van der Waals surface area contributed by atoms with Crippen molar-refractivity contribution in [1.29, 1.82) is 0 Å². The molecule has 0 fully saturated rings. The van der Waals surface area contributed by atoms with E-state index in [9.17, 15) is 0 Å². The highest BCUT2D eigenvalue weighted by Crippen LogP contribution is 2.16. The Bertz CT molecular complexity index is 574. The number of hydrogen-bond donors (Lipinski definition) is 2. The SMILES string of the molecule is CCCOc1nc(NC)nc(NCc2ncc(CC)s2)n1. The average Bonchev–Trinajstić information content (AvgIpc) is 2.98. The highest BCUT2D eigenvalue weighted by molar-refractivity contribution is 7.11. The summed E-state index contributed by atoms with van der Waals surface area (Å²) < 4.78 is 5.46. The predicted molar refractivity (Wildman–Crippen MR) is 84.0 cm³/mol. The lowest BCUT2D eigenvalue weighted by Crippen LogP contribution is -2.09. The van der Waals surface area contributed by atoms with Crippen LogP contribution in [0.25, 0.3) is 0 Å². The molecule has 0 aliphatic carbocycles. The molecule has 2 rings (SSSR count). The summed E-state index contributed by atoms with van der Waals surface area (Å²) in [6, 6.07) is 0.326. The lowest BCUT2D eigenvalue weighted by atomic mass is 10.4. The highest BCUT2D eigenvalue weighted by atomic mass is 32.1. The van der Waals surface area contributed by atoms with Crippen LogP contribution < -0.4 is 15.4 Å². The van der Waals surface area contributed by atoms with Gasteiger partial charge in [0, 0.05) is 18.1 Å². The second kappa shape index (κ2) is 7.72. The number of nitrogens with one attached hydrogen (secondary N) is 2. The molecule has 0 spiro atoms. The van der Waals surface area contributed by atoms with Crippen molar-refractivity contribution < 1.29 is 4.74 Å². The van der Waals surface area contributed by atoms with Gasteiger partial charge in [0.15, 0.2) is 0 Å². The van der Waals surface area contributed by atoms with E-state index in [1.165, 1.54) is 4.88 Å². The molecule has 2 N–H and O–H groups in total. The zero-order chi connectivity index (χ0) is 15.1. The third-order valence-electron chi connectivity index (χ3n) is 2.62. The molecule has 114 valence electrons. The molecule has 2 heterocycles. The number of hydrogen-bond acceptors (Lipinski definition) is 8. The van der Waals surface area contributed by atoms with E-state index in [1.54, 1.807) is 18.4 Å². The Labute approximate surface area is 128 Å². The molecule has 0 radical (unpaired) electrons. The minimum Gasteiger partial charge on any atom is -0.463 e. The standard InChI is InChI=1S/C13H20N6OS/c1-4-6-20-13-18-11(14-3)17-12(19-13)16-8-10-15-7-9(5-2)21-10/h7H,4-6,8H2,1-3H3,(H2,14,16,17,18,19). The van der Waals surface area contributed by atoms with Gasteiger partial charge in [-0.3, -0.25) is 0 Å². The molecule has 7 nitrogen and oxygen atoms in total. The summed E-state index contributed by atoms with van der Waals surface area (Å²) in [5.41, 5.74) is 0. The summed E-state index contributed by atoms with van der Waals surface area (Å²) in [5.74, 6) is 0.959. The van der Waals surface area contributed by atoms with Crippen molar-refractivity contribution in [1.82, 2.24) is 19.9 Å². The fraction of sp³-hybridized carbons (Fsp3) is 0.538. The van der Waals surface area contributed by atoms with Crippen LogP contribution in [-0.2, 0) is 13.0 Å². The van der Waals surface area contributed by atoms with Crippen LogP contribution in [0.4, 0.5) is 11.9 Å². The van der Waals surface area contributed by atoms with Crippen LogP contribution in [0.2, 0.25) is 0 Å². The largest absolute Gasteiger partial charge is 0.463 e. The zero-order valence-corrected chi connectivity index (χ0v) is 13.3. The van der Waals surface area contributed by atoms with Crippen molar-refractivity contribution in [3.8, 4) is 6.01 Å². The molecular weight excluding hydrogens is 288 g/mol. The summed E-state index contributed by atoms with van der Waals surface area (Å²) in [6.07, 6.45) is 3.81. The topological polar surface area (TPSA) is 84.9 Å². The minimum absolute atomic E-state index is 0.326. The predicted octanol–water partition coefficient (Wildman–Crippen LogP) is 2.33. The van der Waals surface area contributed by atoms with Crippen molar-refractivity contribution in [2.45, 2.75) is 33.2 Å². The first-order valence-corrected chi connectivity index (χ1v) is 7.80. The van der Waals surface area contributed by atoms with E-state index in [2.05, 4.69) is 37.5 Å². The Morgan fingerprint density at radius 3 is 2.67 bits per heavy atom. The highest BCUT2D eigenvalue weighted by Gasteiger charge is 2.07. The molecule has 2 aromatic heterocycles. The van der Waals surface area contributed by atoms with Crippen LogP contribution in [-0.4, -0.2) is 33.6 Å². The van der Waals surface area contributed by atoms with Gasteiger partial charge < -0.3 is 15.4 Å². The lowest BCUT2D eigenvalue weighted by molar-refractivity contribution is 0.292. The van der Waals surface area contributed by atoms with Gasteiger partial charge in [-0.05, 0) is 12.8 Å². The van der Waals surface area contributed by atoms with E-state index < -0.39 is 0 Å². The number of ether oxygens (including phenoxy) is 1. The zero-order valence-electron chi connectivity index (χ0n) is 12.5. The van der Waals surface area contributed by atoms with Crippen LogP contribution >= 0.6 is 11.3 Å². The summed E-state index contributed by atoms with van der Waals surface area (Å²) >= 11 is 1.69. The number of aromatic nitrogens is 4. The second-order valence-electron chi connectivity index (χ2n) is 4.29. The van der Waals surface area contributed by atoms with E-state index >= 15 is 0 Å². The van der Waals surface area contributed by atoms with E-state index in [4.69, 9.17) is 4.74 Å². The Hall–Kier alpha value is -1.96. The van der Waals surface area contributed by atoms with E-state index in [1.807, 2.05) is 13.1 Å². The van der Waals surface area contributed by atoms with Crippen LogP contribution in [0.5, 0.6) is 6.01 Å². The number of nitrogens with zero attached hydrogens (tertiary/aromatic N) is 4. The molecule has 0 atom stereocenters.